The summed E-state index contributed by atoms with van der Waals surface area (Å²) >= 11 is 0. The fourth-order valence-corrected chi connectivity index (χ4v) is 4.10. The molecule has 25 heavy (non-hydrogen) atoms. The number of nitriles is 1. The van der Waals surface area contributed by atoms with E-state index in [-0.39, 0.29) is 18.6 Å². The highest BCUT2D eigenvalue weighted by Crippen LogP contribution is 2.43. The standard InChI is InChI=1S/C20H25NO4/c21-13-20(9-7-14(8-10-20)19(23)24)16-6-5-15(12-22)18(11-16)25-17-3-1-2-4-17/h5-6,11,14,17,22H,1-4,7-10,12H2,(H,23,24). The number of carboxylic acid groups (broad SMARTS) is 1. The molecular formula is C20H25NO4. The van der Waals surface area contributed by atoms with Crippen molar-refractivity contribution in [3.63, 3.8) is 0 Å². The van der Waals surface area contributed by atoms with Crippen molar-refractivity contribution in [2.24, 2.45) is 5.92 Å². The van der Waals surface area contributed by atoms with Crippen molar-refractivity contribution in [1.29, 1.82) is 5.26 Å². The van der Waals surface area contributed by atoms with Gasteiger partial charge in [-0.2, -0.15) is 5.26 Å². The van der Waals surface area contributed by atoms with Gasteiger partial charge in [0.2, 0.25) is 0 Å². The number of rotatable bonds is 5. The Bertz CT molecular complexity index is 665. The van der Waals surface area contributed by atoms with Gasteiger partial charge >= 0.3 is 5.97 Å². The van der Waals surface area contributed by atoms with Crippen molar-refractivity contribution >= 4 is 5.97 Å². The first-order valence-electron chi connectivity index (χ1n) is 9.13. The van der Waals surface area contributed by atoms with Gasteiger partial charge in [-0.3, -0.25) is 4.79 Å². The van der Waals surface area contributed by atoms with Crippen LogP contribution in [-0.2, 0) is 16.8 Å². The van der Waals surface area contributed by atoms with E-state index in [0.717, 1.165) is 36.8 Å². The Morgan fingerprint density at radius 1 is 1.24 bits per heavy atom. The minimum absolute atomic E-state index is 0.0943. The number of carboxylic acids is 1. The molecule has 134 valence electrons. The molecule has 0 amide bonds. The maximum absolute atomic E-state index is 11.2. The third-order valence-electron chi connectivity index (χ3n) is 5.79. The average Bonchev–Trinajstić information content (AvgIpc) is 3.14. The van der Waals surface area contributed by atoms with Gasteiger partial charge in [0.25, 0.3) is 0 Å². The van der Waals surface area contributed by atoms with Crippen LogP contribution in [0.15, 0.2) is 18.2 Å². The van der Waals surface area contributed by atoms with E-state index in [1.54, 1.807) is 0 Å². The van der Waals surface area contributed by atoms with Gasteiger partial charge in [0.05, 0.1) is 30.1 Å². The number of aliphatic hydroxyl groups excluding tert-OH is 1. The molecule has 5 heteroatoms. The summed E-state index contributed by atoms with van der Waals surface area (Å²) in [5.74, 6) is -0.457. The average molecular weight is 343 g/mol. The minimum atomic E-state index is -0.771. The molecule has 0 aromatic heterocycles. The van der Waals surface area contributed by atoms with Gasteiger partial charge in [-0.25, -0.2) is 0 Å². The number of hydrogen-bond donors (Lipinski definition) is 2. The van der Waals surface area contributed by atoms with Gasteiger partial charge in [-0.1, -0.05) is 12.1 Å². The number of aliphatic carboxylic acids is 1. The van der Waals surface area contributed by atoms with Crippen molar-refractivity contribution < 1.29 is 19.7 Å². The first-order valence-corrected chi connectivity index (χ1v) is 9.13. The second-order valence-corrected chi connectivity index (χ2v) is 7.31. The summed E-state index contributed by atoms with van der Waals surface area (Å²) in [5.41, 5.74) is 0.959. The lowest BCUT2D eigenvalue weighted by atomic mass is 9.67. The van der Waals surface area contributed by atoms with E-state index in [0.29, 0.717) is 31.4 Å². The number of carbonyl (C=O) groups is 1. The molecule has 0 bridgehead atoms. The lowest BCUT2D eigenvalue weighted by molar-refractivity contribution is -0.143. The second kappa shape index (κ2) is 7.45. The maximum atomic E-state index is 11.2. The summed E-state index contributed by atoms with van der Waals surface area (Å²) in [4.78, 5) is 11.2. The second-order valence-electron chi connectivity index (χ2n) is 7.31. The van der Waals surface area contributed by atoms with Crippen LogP contribution in [-0.4, -0.2) is 22.3 Å². The van der Waals surface area contributed by atoms with Crippen LogP contribution < -0.4 is 4.74 Å². The van der Waals surface area contributed by atoms with Crippen LogP contribution in [0.2, 0.25) is 0 Å². The van der Waals surface area contributed by atoms with Gasteiger partial charge in [0.15, 0.2) is 0 Å². The molecule has 2 aliphatic rings. The quantitative estimate of drug-likeness (QED) is 0.853. The molecule has 0 aliphatic heterocycles. The van der Waals surface area contributed by atoms with Crippen LogP contribution in [0.25, 0.3) is 0 Å². The van der Waals surface area contributed by atoms with Crippen LogP contribution in [0, 0.1) is 17.2 Å². The van der Waals surface area contributed by atoms with E-state index in [2.05, 4.69) is 6.07 Å². The fourth-order valence-electron chi connectivity index (χ4n) is 4.10. The molecule has 0 heterocycles. The first kappa shape index (κ1) is 17.8. The summed E-state index contributed by atoms with van der Waals surface area (Å²) in [6, 6.07) is 8.06. The van der Waals surface area contributed by atoms with Crippen LogP contribution in [0.1, 0.15) is 62.5 Å². The normalized spacial score (nSPS) is 27.0. The van der Waals surface area contributed by atoms with E-state index in [1.807, 2.05) is 18.2 Å². The molecule has 0 atom stereocenters. The van der Waals surface area contributed by atoms with Crippen molar-refractivity contribution in [3.8, 4) is 11.8 Å². The highest BCUT2D eigenvalue weighted by atomic mass is 16.5. The molecular weight excluding hydrogens is 318 g/mol. The van der Waals surface area contributed by atoms with Crippen LogP contribution in [0.5, 0.6) is 5.75 Å². The van der Waals surface area contributed by atoms with Crippen LogP contribution >= 0.6 is 0 Å². The third-order valence-corrected chi connectivity index (χ3v) is 5.79. The SMILES string of the molecule is N#CC1(c2ccc(CO)c(OC3CCCC3)c2)CCC(C(=O)O)CC1. The molecule has 2 fully saturated rings. The van der Waals surface area contributed by atoms with Gasteiger partial charge < -0.3 is 14.9 Å². The summed E-state index contributed by atoms with van der Waals surface area (Å²) in [5, 5.41) is 28.6. The smallest absolute Gasteiger partial charge is 0.306 e. The Hall–Kier alpha value is -2.06. The van der Waals surface area contributed by atoms with E-state index in [4.69, 9.17) is 4.74 Å². The zero-order valence-electron chi connectivity index (χ0n) is 14.4. The number of nitrogens with zero attached hydrogens (tertiary/aromatic N) is 1. The third kappa shape index (κ3) is 3.64. The molecule has 0 radical (unpaired) electrons. The molecule has 2 saturated carbocycles. The van der Waals surface area contributed by atoms with Crippen LogP contribution in [0.3, 0.4) is 0 Å². The van der Waals surface area contributed by atoms with E-state index in [9.17, 15) is 20.3 Å². The highest BCUT2D eigenvalue weighted by molar-refractivity contribution is 5.70. The summed E-state index contributed by atoms with van der Waals surface area (Å²) < 4.78 is 6.11. The summed E-state index contributed by atoms with van der Waals surface area (Å²) in [7, 11) is 0. The number of ether oxygens (including phenoxy) is 1. The fraction of sp³-hybridized carbons (Fsp3) is 0.600. The zero-order chi connectivity index (χ0) is 17.9. The van der Waals surface area contributed by atoms with Gasteiger partial charge in [-0.05, 0) is 63.0 Å². The Morgan fingerprint density at radius 2 is 1.92 bits per heavy atom. The predicted octanol–water partition coefficient (Wildman–Crippen LogP) is 3.54. The molecule has 0 spiro atoms. The number of benzene rings is 1. The Labute approximate surface area is 148 Å². The molecule has 5 nitrogen and oxygen atoms in total. The van der Waals surface area contributed by atoms with Gasteiger partial charge in [0, 0.05) is 5.56 Å². The van der Waals surface area contributed by atoms with Gasteiger partial charge in [0.1, 0.15) is 5.75 Å². The van der Waals surface area contributed by atoms with Crippen molar-refractivity contribution in [3.05, 3.63) is 29.3 Å². The highest BCUT2D eigenvalue weighted by Gasteiger charge is 2.39. The van der Waals surface area contributed by atoms with Crippen LogP contribution in [0.4, 0.5) is 0 Å². The van der Waals surface area contributed by atoms with Gasteiger partial charge in [-0.15, -0.1) is 0 Å². The maximum Gasteiger partial charge on any atom is 0.306 e. The molecule has 1 aromatic carbocycles. The minimum Gasteiger partial charge on any atom is -0.490 e. The largest absolute Gasteiger partial charge is 0.490 e. The molecule has 3 rings (SSSR count). The lowest BCUT2D eigenvalue weighted by Gasteiger charge is -2.34. The number of hydrogen-bond acceptors (Lipinski definition) is 4. The molecule has 2 N–H and O–H groups in total. The van der Waals surface area contributed by atoms with E-state index >= 15 is 0 Å². The van der Waals surface area contributed by atoms with Crippen molar-refractivity contribution in [2.45, 2.75) is 69.5 Å². The van der Waals surface area contributed by atoms with E-state index < -0.39 is 11.4 Å². The lowest BCUT2D eigenvalue weighted by Crippen LogP contribution is -2.33. The summed E-state index contributed by atoms with van der Waals surface area (Å²) in [6.07, 6.45) is 6.68. The Balaban J connectivity index is 1.85. The van der Waals surface area contributed by atoms with E-state index in [1.165, 1.54) is 0 Å². The zero-order valence-corrected chi connectivity index (χ0v) is 14.4. The molecule has 0 unspecified atom stereocenters. The Morgan fingerprint density at radius 3 is 2.48 bits per heavy atom. The monoisotopic (exact) mass is 343 g/mol. The van der Waals surface area contributed by atoms with Crippen molar-refractivity contribution in [1.82, 2.24) is 0 Å². The predicted molar refractivity (Wildman–Crippen MR) is 92.1 cm³/mol. The summed E-state index contributed by atoms with van der Waals surface area (Å²) in [6.45, 7) is -0.0943. The number of aliphatic hydroxyl groups is 1. The topological polar surface area (TPSA) is 90.5 Å². The molecule has 0 saturated heterocycles. The Kier molecular flexibility index (Phi) is 5.29. The first-order chi connectivity index (χ1) is 12.1. The van der Waals surface area contributed by atoms with Crippen molar-refractivity contribution in [2.75, 3.05) is 0 Å². The molecule has 2 aliphatic carbocycles. The molecule has 1 aromatic rings.